The van der Waals surface area contributed by atoms with E-state index in [2.05, 4.69) is 47.8 Å². The molecule has 1 aliphatic carbocycles. The Hall–Kier alpha value is -7.20. The highest BCUT2D eigenvalue weighted by molar-refractivity contribution is 8.00. The van der Waals surface area contributed by atoms with Gasteiger partial charge in [-0.15, -0.1) is 0 Å². The molecule has 22 heteroatoms. The second kappa shape index (κ2) is 31.2. The number of amides is 4. The highest BCUT2D eigenvalue weighted by Crippen LogP contribution is 2.45. The highest BCUT2D eigenvalue weighted by Gasteiger charge is 2.24. The standard InChI is InChI=1S/C19H17ClN2OS.C18H17ClN2OS.C16H13ClN2O2S.C15H11ClN2O2S/c20-18-14-7-3-4-8-16(14)24-17-10-9-12(11-15(17)22-18)19(23)21-13-5-1-2-6-13;1-2-3-10-20-18(22)12-8-9-16-14(11-12)21-17(19)13-6-4-5-7-15(13)23-16;1-19(21-2)16(20)10-7-8-14-12(9-10)18-15(17)11-5-3-4-6-13(11)22-14;1-20-18-15(19)9-6-7-13-11(8-9)17-14(16)10-4-2-3-5-12(10)21-13/h3-4,7-11,13H,1-2,5-6H2,(H,21,23);4-9,11H,2-3,10H2,1H3,(H,20,22);3-9H,1-2H3;2-8H,1H3,(H,18,19). The summed E-state index contributed by atoms with van der Waals surface area (Å²) in [7, 11) is 4.40. The molecule has 0 bridgehead atoms. The van der Waals surface area contributed by atoms with Crippen LogP contribution >= 0.6 is 93.5 Å². The summed E-state index contributed by atoms with van der Waals surface area (Å²) in [5.41, 5.74) is 11.0. The lowest BCUT2D eigenvalue weighted by Crippen LogP contribution is -2.32. The van der Waals surface area contributed by atoms with Crippen LogP contribution in [-0.4, -0.2) is 83.2 Å². The summed E-state index contributed by atoms with van der Waals surface area (Å²) in [6.45, 7) is 2.79. The lowest BCUT2D eigenvalue weighted by Gasteiger charge is -2.14. The van der Waals surface area contributed by atoms with Crippen LogP contribution in [0.4, 0.5) is 22.7 Å². The molecule has 3 N–H and O–H groups in total. The number of hydrogen-bond acceptors (Lipinski definition) is 14. The predicted octanol–water partition coefficient (Wildman–Crippen LogP) is 18.0. The fourth-order valence-electron chi connectivity index (χ4n) is 9.60. The van der Waals surface area contributed by atoms with E-state index >= 15 is 0 Å². The number of rotatable bonds is 10. The Kier molecular flexibility index (Phi) is 22.8. The van der Waals surface area contributed by atoms with Crippen LogP contribution in [0.25, 0.3) is 0 Å². The maximum atomic E-state index is 12.5. The molecule has 13 rings (SSSR count). The van der Waals surface area contributed by atoms with Crippen LogP contribution in [0.5, 0.6) is 0 Å². The number of nitrogens with one attached hydrogen (secondary N) is 3. The van der Waals surface area contributed by atoms with E-state index in [1.807, 2.05) is 140 Å². The molecule has 0 spiro atoms. The molecule has 5 aliphatic rings. The Morgan fingerprint density at radius 1 is 0.478 bits per heavy atom. The molecule has 0 unspecified atom stereocenters. The van der Waals surface area contributed by atoms with Crippen molar-refractivity contribution in [3.8, 4) is 0 Å². The van der Waals surface area contributed by atoms with Crippen molar-refractivity contribution in [2.24, 2.45) is 20.0 Å². The molecular weight excluding hydrogens is 1290 g/mol. The van der Waals surface area contributed by atoms with Gasteiger partial charge in [-0.2, -0.15) is 0 Å². The third-order valence-electron chi connectivity index (χ3n) is 14.3. The number of hydroxylamine groups is 3. The first-order valence-corrected chi connectivity index (χ1v) is 33.3. The van der Waals surface area contributed by atoms with Crippen LogP contribution in [0.2, 0.25) is 0 Å². The van der Waals surface area contributed by atoms with Gasteiger partial charge in [-0.1, -0.05) is 192 Å². The molecule has 0 aromatic heterocycles. The number of unbranched alkanes of at least 4 members (excludes halogenated alkanes) is 1. The van der Waals surface area contributed by atoms with Crippen molar-refractivity contribution in [1.82, 2.24) is 21.2 Å². The topological polar surface area (TPSA) is 176 Å². The minimum atomic E-state index is -0.321. The monoisotopic (exact) mass is 1350 g/mol. The van der Waals surface area contributed by atoms with Gasteiger partial charge in [-0.25, -0.2) is 30.5 Å². The Balaban J connectivity index is 0.000000132. The summed E-state index contributed by atoms with van der Waals surface area (Å²) in [5.74, 6) is -0.649. The average molecular weight is 1350 g/mol. The van der Waals surface area contributed by atoms with Crippen molar-refractivity contribution in [2.75, 3.05) is 27.8 Å². The van der Waals surface area contributed by atoms with Crippen LogP contribution in [0.3, 0.4) is 0 Å². The van der Waals surface area contributed by atoms with Gasteiger partial charge in [0.2, 0.25) is 0 Å². The summed E-state index contributed by atoms with van der Waals surface area (Å²) < 4.78 is 0. The lowest BCUT2D eigenvalue weighted by atomic mass is 10.1. The molecule has 4 aliphatic heterocycles. The molecule has 90 heavy (non-hydrogen) atoms. The summed E-state index contributed by atoms with van der Waals surface area (Å²) >= 11 is 31.7. The molecule has 1 fully saturated rings. The van der Waals surface area contributed by atoms with E-state index < -0.39 is 0 Å². The van der Waals surface area contributed by atoms with E-state index in [1.54, 1.807) is 84.4 Å². The predicted molar refractivity (Wildman–Crippen MR) is 367 cm³/mol. The van der Waals surface area contributed by atoms with Gasteiger partial charge in [0.05, 0.1) is 37.0 Å². The van der Waals surface area contributed by atoms with Gasteiger partial charge in [-0.3, -0.25) is 28.9 Å². The van der Waals surface area contributed by atoms with Gasteiger partial charge in [0.1, 0.15) is 20.7 Å². The number of carbonyl (C=O) groups is 4. The van der Waals surface area contributed by atoms with E-state index in [1.165, 1.54) is 32.1 Å². The SMILES string of the molecule is CCCCNC(=O)c1ccc2c(c1)N=C(Cl)c1ccccc1S2.CON(C)C(=O)c1ccc2c(c1)N=C(Cl)c1ccccc1S2.CONC(=O)c1ccc2c(c1)N=C(Cl)c1ccccc1S2.O=C(NC1CCCC1)c1ccc2c(c1)N=C(Cl)c1ccccc1S2. The first kappa shape index (κ1) is 65.7. The summed E-state index contributed by atoms with van der Waals surface area (Å²) in [4.78, 5) is 84.2. The maximum absolute atomic E-state index is 12.5. The zero-order valence-corrected chi connectivity index (χ0v) is 55.3. The summed E-state index contributed by atoms with van der Waals surface area (Å²) in [6.07, 6.45) is 6.58. The number of halogens is 4. The fraction of sp³-hybridized carbons (Fsp3) is 0.176. The minimum absolute atomic E-state index is 0.0252. The summed E-state index contributed by atoms with van der Waals surface area (Å²) in [5, 5.41) is 8.97. The Morgan fingerprint density at radius 2 is 0.822 bits per heavy atom. The first-order chi connectivity index (χ1) is 43.7. The number of nitrogens with zero attached hydrogens (tertiary/aromatic N) is 5. The van der Waals surface area contributed by atoms with E-state index in [-0.39, 0.29) is 23.6 Å². The number of benzene rings is 8. The second-order valence-corrected chi connectivity index (χ2v) is 26.2. The zero-order valence-electron chi connectivity index (χ0n) is 49.0. The van der Waals surface area contributed by atoms with E-state index in [9.17, 15) is 19.2 Å². The molecule has 8 aromatic carbocycles. The van der Waals surface area contributed by atoms with Crippen LogP contribution in [0, 0.1) is 0 Å². The van der Waals surface area contributed by atoms with Gasteiger partial charge >= 0.3 is 0 Å². The van der Waals surface area contributed by atoms with Gasteiger partial charge in [0.25, 0.3) is 23.6 Å². The van der Waals surface area contributed by atoms with Crippen molar-refractivity contribution in [2.45, 2.75) is 90.7 Å². The first-order valence-electron chi connectivity index (χ1n) is 28.5. The molecule has 4 heterocycles. The normalized spacial score (nSPS) is 13.8. The van der Waals surface area contributed by atoms with Gasteiger partial charge in [0, 0.05) is 103 Å². The van der Waals surface area contributed by atoms with Crippen LogP contribution in [0.1, 0.15) is 109 Å². The molecule has 8 aromatic rings. The molecule has 14 nitrogen and oxygen atoms in total. The van der Waals surface area contributed by atoms with Crippen molar-refractivity contribution in [3.05, 3.63) is 214 Å². The van der Waals surface area contributed by atoms with Crippen molar-refractivity contribution in [1.29, 1.82) is 0 Å². The lowest BCUT2D eigenvalue weighted by molar-refractivity contribution is -0.0756. The van der Waals surface area contributed by atoms with E-state index in [4.69, 9.17) is 51.2 Å². The Morgan fingerprint density at radius 3 is 1.19 bits per heavy atom. The zero-order chi connectivity index (χ0) is 63.3. The molecular formula is C68H58Cl4N8O6S4. The Labute approximate surface area is 559 Å². The van der Waals surface area contributed by atoms with Crippen molar-refractivity contribution >= 4 is 161 Å². The smallest absolute Gasteiger partial charge is 0.277 e. The van der Waals surface area contributed by atoms with Crippen LogP contribution in [0.15, 0.2) is 229 Å². The van der Waals surface area contributed by atoms with Gasteiger partial charge < -0.3 is 10.6 Å². The molecule has 0 radical (unpaired) electrons. The molecule has 4 amide bonds. The fourth-order valence-corrected chi connectivity index (χ4v) is 14.9. The van der Waals surface area contributed by atoms with Crippen LogP contribution < -0.4 is 16.1 Å². The maximum Gasteiger partial charge on any atom is 0.277 e. The van der Waals surface area contributed by atoms with Gasteiger partial charge in [-0.05, 0) is 116 Å². The highest BCUT2D eigenvalue weighted by atomic mass is 35.5. The third kappa shape index (κ3) is 16.3. The third-order valence-corrected chi connectivity index (χ3v) is 20.0. The van der Waals surface area contributed by atoms with E-state index in [0.717, 1.165) is 98.5 Å². The van der Waals surface area contributed by atoms with Crippen molar-refractivity contribution < 1.29 is 28.9 Å². The number of aliphatic imine (C=N–C) groups is 4. The van der Waals surface area contributed by atoms with Crippen molar-refractivity contribution in [3.63, 3.8) is 0 Å². The quantitative estimate of drug-likeness (QED) is 0.0883. The average Bonchev–Trinajstić information content (AvgIpc) is 2.13. The number of fused-ring (bicyclic) bond motifs is 8. The largest absolute Gasteiger partial charge is 0.352 e. The van der Waals surface area contributed by atoms with Gasteiger partial charge in [0.15, 0.2) is 0 Å². The van der Waals surface area contributed by atoms with Crippen LogP contribution in [-0.2, 0) is 9.68 Å². The molecule has 458 valence electrons. The minimum Gasteiger partial charge on any atom is -0.352 e. The second-order valence-electron chi connectivity index (χ2n) is 20.4. The molecule has 1 saturated carbocycles. The summed E-state index contributed by atoms with van der Waals surface area (Å²) in [6, 6.07) is 53.7. The van der Waals surface area contributed by atoms with E-state index in [0.29, 0.717) is 66.9 Å². The Bertz CT molecular complexity index is 4180. The molecule has 0 saturated heterocycles. The number of carbonyl (C=O) groups excluding carboxylic acids is 4. The molecule has 0 atom stereocenters. The number of hydrogen-bond donors (Lipinski definition) is 3.